The van der Waals surface area contributed by atoms with E-state index in [0.29, 0.717) is 0 Å². The van der Waals surface area contributed by atoms with Crippen LogP contribution in [0.5, 0.6) is 0 Å². The second kappa shape index (κ2) is 5.48. The number of rotatable bonds is 4. The van der Waals surface area contributed by atoms with E-state index in [-0.39, 0.29) is 0 Å². The molecule has 1 aliphatic carbocycles. The maximum absolute atomic E-state index is 4.35. The summed E-state index contributed by atoms with van der Waals surface area (Å²) in [6.45, 7) is 4.22. The number of aromatic nitrogens is 2. The molecule has 0 atom stereocenters. The molecular formula is C13H23N3. The molecule has 2 rings (SSSR count). The summed E-state index contributed by atoms with van der Waals surface area (Å²) in [5, 5.41) is 7.93. The number of nitrogens with zero attached hydrogens (tertiary/aromatic N) is 2. The molecule has 3 nitrogen and oxygen atoms in total. The van der Waals surface area contributed by atoms with Crippen molar-refractivity contribution in [3.63, 3.8) is 0 Å². The molecule has 3 heteroatoms. The van der Waals surface area contributed by atoms with Gasteiger partial charge in [0.1, 0.15) is 0 Å². The Hall–Kier alpha value is -0.830. The summed E-state index contributed by atoms with van der Waals surface area (Å²) in [4.78, 5) is 0. The fourth-order valence-corrected chi connectivity index (χ4v) is 2.62. The first kappa shape index (κ1) is 11.6. The number of aryl methyl sites for hydroxylation is 2. The van der Waals surface area contributed by atoms with E-state index in [1.807, 2.05) is 11.7 Å². The van der Waals surface area contributed by atoms with Crippen LogP contribution in [0.2, 0.25) is 0 Å². The smallest absolute Gasteiger partial charge is 0.0638 e. The Balaban J connectivity index is 1.73. The van der Waals surface area contributed by atoms with Crippen LogP contribution in [-0.2, 0) is 13.6 Å². The van der Waals surface area contributed by atoms with Gasteiger partial charge in [-0.3, -0.25) is 4.68 Å². The highest BCUT2D eigenvalue weighted by Crippen LogP contribution is 2.22. The normalized spacial score (nSPS) is 17.9. The van der Waals surface area contributed by atoms with E-state index in [9.17, 15) is 0 Å². The summed E-state index contributed by atoms with van der Waals surface area (Å²) in [6, 6.07) is 0. The minimum absolute atomic E-state index is 0.908. The van der Waals surface area contributed by atoms with Crippen LogP contribution >= 0.6 is 0 Å². The molecule has 0 aromatic carbocycles. The number of nitrogens with one attached hydrogen (secondary N) is 1. The molecule has 16 heavy (non-hydrogen) atoms. The fourth-order valence-electron chi connectivity index (χ4n) is 2.62. The zero-order chi connectivity index (χ0) is 11.4. The minimum atomic E-state index is 0.908. The van der Waals surface area contributed by atoms with Crippen LogP contribution in [0.15, 0.2) is 6.20 Å². The van der Waals surface area contributed by atoms with Crippen molar-refractivity contribution in [1.29, 1.82) is 0 Å². The van der Waals surface area contributed by atoms with Gasteiger partial charge in [-0.15, -0.1) is 0 Å². The van der Waals surface area contributed by atoms with Gasteiger partial charge in [0.2, 0.25) is 0 Å². The highest BCUT2D eigenvalue weighted by molar-refractivity contribution is 5.14. The lowest BCUT2D eigenvalue weighted by atomic mass is 9.89. The van der Waals surface area contributed by atoms with Gasteiger partial charge in [-0.05, 0) is 32.2 Å². The van der Waals surface area contributed by atoms with Gasteiger partial charge in [0.05, 0.1) is 5.69 Å². The second-order valence-corrected chi connectivity index (χ2v) is 5.05. The zero-order valence-electron chi connectivity index (χ0n) is 10.5. The molecule has 0 unspecified atom stereocenters. The summed E-state index contributed by atoms with van der Waals surface area (Å²) in [6.07, 6.45) is 9.25. The van der Waals surface area contributed by atoms with Crippen molar-refractivity contribution >= 4 is 0 Å². The Morgan fingerprint density at radius 1 is 1.38 bits per heavy atom. The Morgan fingerprint density at radius 2 is 2.12 bits per heavy atom. The van der Waals surface area contributed by atoms with E-state index in [1.54, 1.807) is 0 Å². The van der Waals surface area contributed by atoms with E-state index in [1.165, 1.54) is 44.2 Å². The molecule has 1 aromatic rings. The van der Waals surface area contributed by atoms with E-state index < -0.39 is 0 Å². The average molecular weight is 221 g/mol. The molecule has 1 aromatic heterocycles. The highest BCUT2D eigenvalue weighted by Gasteiger charge is 2.12. The van der Waals surface area contributed by atoms with Crippen molar-refractivity contribution in [2.75, 3.05) is 6.54 Å². The SMILES string of the molecule is Cc1nn(C)cc1CNCC1CCCCC1. The third-order valence-electron chi connectivity index (χ3n) is 3.59. The summed E-state index contributed by atoms with van der Waals surface area (Å²) in [5.74, 6) is 0.908. The second-order valence-electron chi connectivity index (χ2n) is 5.05. The summed E-state index contributed by atoms with van der Waals surface area (Å²) in [7, 11) is 1.98. The van der Waals surface area contributed by atoms with Crippen molar-refractivity contribution < 1.29 is 0 Å². The van der Waals surface area contributed by atoms with Gasteiger partial charge in [-0.1, -0.05) is 19.3 Å². The van der Waals surface area contributed by atoms with E-state index in [2.05, 4.69) is 23.5 Å². The van der Waals surface area contributed by atoms with Gasteiger partial charge < -0.3 is 5.32 Å². The maximum Gasteiger partial charge on any atom is 0.0638 e. The molecule has 1 N–H and O–H groups in total. The molecule has 1 aliphatic rings. The van der Waals surface area contributed by atoms with Gasteiger partial charge in [-0.2, -0.15) is 5.10 Å². The Labute approximate surface area is 98.2 Å². The Kier molecular flexibility index (Phi) is 3.99. The minimum Gasteiger partial charge on any atom is -0.312 e. The molecule has 0 aliphatic heterocycles. The van der Waals surface area contributed by atoms with E-state index >= 15 is 0 Å². The third kappa shape index (κ3) is 3.08. The van der Waals surface area contributed by atoms with Crippen LogP contribution in [0.3, 0.4) is 0 Å². The lowest BCUT2D eigenvalue weighted by molar-refractivity contribution is 0.342. The Bertz CT molecular complexity index is 324. The van der Waals surface area contributed by atoms with Gasteiger partial charge in [0.25, 0.3) is 0 Å². The summed E-state index contributed by atoms with van der Waals surface area (Å²) in [5.41, 5.74) is 2.48. The van der Waals surface area contributed by atoms with Crippen molar-refractivity contribution in [2.45, 2.75) is 45.6 Å². The van der Waals surface area contributed by atoms with Crippen molar-refractivity contribution in [3.8, 4) is 0 Å². The van der Waals surface area contributed by atoms with Crippen molar-refractivity contribution in [2.24, 2.45) is 13.0 Å². The molecule has 1 fully saturated rings. The van der Waals surface area contributed by atoms with Crippen LogP contribution in [-0.4, -0.2) is 16.3 Å². The highest BCUT2D eigenvalue weighted by atomic mass is 15.2. The van der Waals surface area contributed by atoms with E-state index in [0.717, 1.165) is 18.2 Å². The lowest BCUT2D eigenvalue weighted by Gasteiger charge is -2.21. The standard InChI is InChI=1S/C13H23N3/c1-11-13(10-16(2)15-11)9-14-8-12-6-4-3-5-7-12/h10,12,14H,3-9H2,1-2H3. The van der Waals surface area contributed by atoms with Gasteiger partial charge in [-0.25, -0.2) is 0 Å². The predicted molar refractivity (Wildman–Crippen MR) is 66.2 cm³/mol. The zero-order valence-corrected chi connectivity index (χ0v) is 10.5. The molecular weight excluding hydrogens is 198 g/mol. The average Bonchev–Trinajstić information content (AvgIpc) is 2.59. The molecule has 0 radical (unpaired) electrons. The van der Waals surface area contributed by atoms with Crippen molar-refractivity contribution in [3.05, 3.63) is 17.5 Å². The predicted octanol–water partition coefficient (Wildman–Crippen LogP) is 2.40. The number of hydrogen-bond donors (Lipinski definition) is 1. The number of hydrogen-bond acceptors (Lipinski definition) is 2. The summed E-state index contributed by atoms with van der Waals surface area (Å²) < 4.78 is 1.90. The molecule has 0 spiro atoms. The fraction of sp³-hybridized carbons (Fsp3) is 0.769. The Morgan fingerprint density at radius 3 is 2.75 bits per heavy atom. The first-order chi connectivity index (χ1) is 7.75. The molecule has 0 bridgehead atoms. The first-order valence-electron chi connectivity index (χ1n) is 6.45. The van der Waals surface area contributed by atoms with Gasteiger partial charge in [0, 0.05) is 25.4 Å². The van der Waals surface area contributed by atoms with E-state index in [4.69, 9.17) is 0 Å². The molecule has 1 heterocycles. The molecule has 0 amide bonds. The van der Waals surface area contributed by atoms with Crippen LogP contribution in [0.25, 0.3) is 0 Å². The van der Waals surface area contributed by atoms with Gasteiger partial charge in [0.15, 0.2) is 0 Å². The monoisotopic (exact) mass is 221 g/mol. The molecule has 1 saturated carbocycles. The van der Waals surface area contributed by atoms with Crippen LogP contribution in [0.4, 0.5) is 0 Å². The quantitative estimate of drug-likeness (QED) is 0.846. The topological polar surface area (TPSA) is 29.9 Å². The van der Waals surface area contributed by atoms with Crippen LogP contribution < -0.4 is 5.32 Å². The lowest BCUT2D eigenvalue weighted by Crippen LogP contribution is -2.24. The molecule has 0 saturated heterocycles. The van der Waals surface area contributed by atoms with Crippen LogP contribution in [0, 0.1) is 12.8 Å². The first-order valence-corrected chi connectivity index (χ1v) is 6.45. The largest absolute Gasteiger partial charge is 0.312 e. The summed E-state index contributed by atoms with van der Waals surface area (Å²) >= 11 is 0. The van der Waals surface area contributed by atoms with Crippen molar-refractivity contribution in [1.82, 2.24) is 15.1 Å². The maximum atomic E-state index is 4.35. The third-order valence-corrected chi connectivity index (χ3v) is 3.59. The molecule has 90 valence electrons. The van der Waals surface area contributed by atoms with Crippen LogP contribution in [0.1, 0.15) is 43.4 Å². The van der Waals surface area contributed by atoms with Gasteiger partial charge >= 0.3 is 0 Å².